The van der Waals surface area contributed by atoms with Crippen LogP contribution in [0.2, 0.25) is 0 Å². The van der Waals surface area contributed by atoms with E-state index in [-0.39, 0.29) is 18.1 Å². The molecule has 0 aliphatic rings. The monoisotopic (exact) mass is 295 g/mol. The number of aliphatic hydroxyl groups is 1. The molecule has 2 N–H and O–H groups in total. The molecule has 1 aromatic carbocycles. The largest absolute Gasteiger partial charge is 0.396 e. The molecule has 4 heteroatoms. The summed E-state index contributed by atoms with van der Waals surface area (Å²) in [6, 6.07) is 6.27. The Balaban J connectivity index is 2.57. The van der Waals surface area contributed by atoms with Gasteiger partial charge in [-0.3, -0.25) is 4.79 Å². The van der Waals surface area contributed by atoms with Gasteiger partial charge in [-0.2, -0.15) is 0 Å². The molecule has 1 amide bonds. The van der Waals surface area contributed by atoms with Crippen molar-refractivity contribution in [2.45, 2.75) is 51.0 Å². The number of aliphatic hydroxyl groups excluding tert-OH is 1. The van der Waals surface area contributed by atoms with Gasteiger partial charge in [0, 0.05) is 17.0 Å². The Morgan fingerprint density at radius 2 is 2.10 bits per heavy atom. The van der Waals surface area contributed by atoms with Gasteiger partial charge in [-0.25, -0.2) is 0 Å². The van der Waals surface area contributed by atoms with Gasteiger partial charge in [0.05, 0.1) is 5.75 Å². The predicted octanol–water partition coefficient (Wildman–Crippen LogP) is 3.06. The number of carbonyl (C=O) groups excluding carboxylic acids is 1. The molecule has 0 aliphatic carbocycles. The molecule has 112 valence electrons. The van der Waals surface area contributed by atoms with Crippen LogP contribution in [0.15, 0.2) is 23.1 Å². The molecule has 1 rings (SSSR count). The lowest BCUT2D eigenvalue weighted by Crippen LogP contribution is -2.46. The van der Waals surface area contributed by atoms with Gasteiger partial charge >= 0.3 is 0 Å². The number of amides is 1. The van der Waals surface area contributed by atoms with Crippen molar-refractivity contribution in [1.29, 1.82) is 0 Å². The summed E-state index contributed by atoms with van der Waals surface area (Å²) >= 11 is 1.56. The smallest absolute Gasteiger partial charge is 0.230 e. The first kappa shape index (κ1) is 17.1. The molecule has 0 radical (unpaired) electrons. The first-order valence-electron chi connectivity index (χ1n) is 7.02. The standard InChI is InChI=1S/C16H25NO2S/c1-5-16(4,8-9-18)17-15(19)11-20-14-10-12(2)6-7-13(14)3/h6-7,10,18H,5,8-9,11H2,1-4H3,(H,17,19). The van der Waals surface area contributed by atoms with Gasteiger partial charge in [-0.05, 0) is 45.2 Å². The van der Waals surface area contributed by atoms with Gasteiger partial charge in [0.1, 0.15) is 0 Å². The zero-order chi connectivity index (χ0) is 15.2. The van der Waals surface area contributed by atoms with Crippen molar-refractivity contribution in [3.8, 4) is 0 Å². The molecule has 0 heterocycles. The number of hydrogen-bond acceptors (Lipinski definition) is 3. The van der Waals surface area contributed by atoms with Crippen LogP contribution in [-0.4, -0.2) is 28.9 Å². The molecule has 3 nitrogen and oxygen atoms in total. The van der Waals surface area contributed by atoms with Gasteiger partial charge < -0.3 is 10.4 Å². The summed E-state index contributed by atoms with van der Waals surface area (Å²) in [4.78, 5) is 13.2. The fourth-order valence-electron chi connectivity index (χ4n) is 1.95. The quantitative estimate of drug-likeness (QED) is 0.760. The molecule has 0 spiro atoms. The Morgan fingerprint density at radius 3 is 2.70 bits per heavy atom. The fraction of sp³-hybridized carbons (Fsp3) is 0.562. The molecule has 0 saturated heterocycles. The van der Waals surface area contributed by atoms with E-state index in [2.05, 4.69) is 37.4 Å². The SMILES string of the molecule is CCC(C)(CCO)NC(=O)CSc1cc(C)ccc1C. The second-order valence-corrected chi connectivity index (χ2v) is 6.51. The normalized spacial score (nSPS) is 13.8. The van der Waals surface area contributed by atoms with E-state index in [9.17, 15) is 4.79 Å². The average Bonchev–Trinajstić information content (AvgIpc) is 2.40. The Bertz CT molecular complexity index is 462. The van der Waals surface area contributed by atoms with Crippen LogP contribution in [0.1, 0.15) is 37.8 Å². The number of hydrogen-bond donors (Lipinski definition) is 2. The summed E-state index contributed by atoms with van der Waals surface area (Å²) in [6.07, 6.45) is 1.40. The van der Waals surface area contributed by atoms with E-state index in [4.69, 9.17) is 5.11 Å². The number of aryl methyl sites for hydroxylation is 2. The number of benzene rings is 1. The van der Waals surface area contributed by atoms with Crippen molar-refractivity contribution in [3.05, 3.63) is 29.3 Å². The Morgan fingerprint density at radius 1 is 1.40 bits per heavy atom. The lowest BCUT2D eigenvalue weighted by Gasteiger charge is -2.29. The lowest BCUT2D eigenvalue weighted by molar-refractivity contribution is -0.120. The number of nitrogens with one attached hydrogen (secondary N) is 1. The van der Waals surface area contributed by atoms with Crippen LogP contribution in [0.25, 0.3) is 0 Å². The van der Waals surface area contributed by atoms with Crippen LogP contribution in [0.5, 0.6) is 0 Å². The van der Waals surface area contributed by atoms with Gasteiger partial charge in [-0.15, -0.1) is 11.8 Å². The summed E-state index contributed by atoms with van der Waals surface area (Å²) in [5, 5.41) is 12.1. The first-order chi connectivity index (χ1) is 9.40. The molecule has 1 atom stereocenters. The highest BCUT2D eigenvalue weighted by Crippen LogP contribution is 2.23. The maximum Gasteiger partial charge on any atom is 0.230 e. The van der Waals surface area contributed by atoms with Crippen molar-refractivity contribution in [2.24, 2.45) is 0 Å². The van der Waals surface area contributed by atoms with E-state index in [0.717, 1.165) is 11.3 Å². The first-order valence-corrected chi connectivity index (χ1v) is 8.00. The summed E-state index contributed by atoms with van der Waals surface area (Å²) < 4.78 is 0. The van der Waals surface area contributed by atoms with Gasteiger partial charge in [0.15, 0.2) is 0 Å². The fourth-order valence-corrected chi connectivity index (χ4v) is 2.88. The molecule has 20 heavy (non-hydrogen) atoms. The minimum Gasteiger partial charge on any atom is -0.396 e. The highest BCUT2D eigenvalue weighted by Gasteiger charge is 2.23. The van der Waals surface area contributed by atoms with Crippen molar-refractivity contribution in [2.75, 3.05) is 12.4 Å². The third kappa shape index (κ3) is 5.17. The van der Waals surface area contributed by atoms with Crippen LogP contribution in [0, 0.1) is 13.8 Å². The van der Waals surface area contributed by atoms with Crippen LogP contribution in [0.4, 0.5) is 0 Å². The molecular formula is C16H25NO2S. The Hall–Kier alpha value is -1.00. The van der Waals surface area contributed by atoms with Crippen molar-refractivity contribution in [3.63, 3.8) is 0 Å². The Labute approximate surface area is 126 Å². The number of carbonyl (C=O) groups is 1. The summed E-state index contributed by atoms with van der Waals surface area (Å²) in [7, 11) is 0. The molecule has 0 saturated carbocycles. The second-order valence-electron chi connectivity index (χ2n) is 5.49. The van der Waals surface area contributed by atoms with Crippen molar-refractivity contribution >= 4 is 17.7 Å². The highest BCUT2D eigenvalue weighted by atomic mass is 32.2. The van der Waals surface area contributed by atoms with Gasteiger partial charge in [-0.1, -0.05) is 24.6 Å². The zero-order valence-electron chi connectivity index (χ0n) is 12.8. The van der Waals surface area contributed by atoms with E-state index in [0.29, 0.717) is 12.2 Å². The maximum atomic E-state index is 12.0. The van der Waals surface area contributed by atoms with E-state index in [1.54, 1.807) is 11.8 Å². The molecule has 1 unspecified atom stereocenters. The van der Waals surface area contributed by atoms with Gasteiger partial charge in [0.25, 0.3) is 0 Å². The maximum absolute atomic E-state index is 12.0. The van der Waals surface area contributed by atoms with E-state index >= 15 is 0 Å². The van der Waals surface area contributed by atoms with Crippen molar-refractivity contribution < 1.29 is 9.90 Å². The minimum atomic E-state index is -0.311. The lowest BCUT2D eigenvalue weighted by atomic mass is 9.95. The molecule has 0 aliphatic heterocycles. The van der Waals surface area contributed by atoms with Crippen molar-refractivity contribution in [1.82, 2.24) is 5.32 Å². The summed E-state index contributed by atoms with van der Waals surface area (Å²) in [5.74, 6) is 0.430. The molecular weight excluding hydrogens is 270 g/mol. The topological polar surface area (TPSA) is 49.3 Å². The molecule has 1 aromatic rings. The van der Waals surface area contributed by atoms with E-state index < -0.39 is 0 Å². The molecule has 0 aromatic heterocycles. The number of thioether (sulfide) groups is 1. The predicted molar refractivity (Wildman–Crippen MR) is 85.2 cm³/mol. The third-order valence-electron chi connectivity index (χ3n) is 3.59. The van der Waals surface area contributed by atoms with Gasteiger partial charge in [0.2, 0.25) is 5.91 Å². The zero-order valence-corrected chi connectivity index (χ0v) is 13.6. The minimum absolute atomic E-state index is 0.0220. The van der Waals surface area contributed by atoms with E-state index in [1.807, 2.05) is 13.8 Å². The van der Waals surface area contributed by atoms with Crippen LogP contribution in [-0.2, 0) is 4.79 Å². The van der Waals surface area contributed by atoms with Crippen LogP contribution >= 0.6 is 11.8 Å². The molecule has 0 fully saturated rings. The van der Waals surface area contributed by atoms with E-state index in [1.165, 1.54) is 11.1 Å². The highest BCUT2D eigenvalue weighted by molar-refractivity contribution is 8.00. The third-order valence-corrected chi connectivity index (χ3v) is 4.74. The number of rotatable bonds is 7. The average molecular weight is 295 g/mol. The molecule has 0 bridgehead atoms. The van der Waals surface area contributed by atoms with Crippen LogP contribution < -0.4 is 5.32 Å². The second kappa shape index (κ2) is 7.70. The summed E-state index contributed by atoms with van der Waals surface area (Å²) in [6.45, 7) is 8.20. The van der Waals surface area contributed by atoms with Crippen LogP contribution in [0.3, 0.4) is 0 Å². The summed E-state index contributed by atoms with van der Waals surface area (Å²) in [5.41, 5.74) is 2.09. The Kier molecular flexibility index (Phi) is 6.56.